The van der Waals surface area contributed by atoms with Gasteiger partial charge >= 0.3 is 0 Å². The highest BCUT2D eigenvalue weighted by Crippen LogP contribution is 2.52. The lowest BCUT2D eigenvalue weighted by molar-refractivity contribution is -0.124. The van der Waals surface area contributed by atoms with Crippen LogP contribution in [0.4, 0.5) is 0 Å². The van der Waals surface area contributed by atoms with Crippen molar-refractivity contribution in [1.82, 2.24) is 10.2 Å². The van der Waals surface area contributed by atoms with Crippen molar-refractivity contribution in [3.63, 3.8) is 0 Å². The summed E-state index contributed by atoms with van der Waals surface area (Å²) in [5.41, 5.74) is 2.19. The molecule has 2 aliphatic rings. The molecule has 1 saturated heterocycles. The second-order valence-corrected chi connectivity index (χ2v) is 8.20. The average Bonchev–Trinajstić information content (AvgIpc) is 3.36. The van der Waals surface area contributed by atoms with Crippen molar-refractivity contribution in [3.05, 3.63) is 47.0 Å². The van der Waals surface area contributed by atoms with E-state index in [4.69, 9.17) is 18.9 Å². The maximum absolute atomic E-state index is 13.2. The number of ether oxygens (including phenoxy) is 4. The number of methoxy groups -OCH3 is 4. The Morgan fingerprint density at radius 2 is 1.74 bits per heavy atom. The third-order valence-corrected chi connectivity index (χ3v) is 6.81. The first-order chi connectivity index (χ1) is 15.0. The van der Waals surface area contributed by atoms with E-state index in [9.17, 15) is 9.59 Å². The molecular weight excluding hydrogens is 420 g/mol. The largest absolute Gasteiger partial charge is 0.493 e. The van der Waals surface area contributed by atoms with Crippen LogP contribution in [0.2, 0.25) is 0 Å². The molecule has 0 unspecified atom stereocenters. The number of amides is 2. The summed E-state index contributed by atoms with van der Waals surface area (Å²) in [6.07, 6.45) is 0. The van der Waals surface area contributed by atoms with E-state index >= 15 is 0 Å². The fourth-order valence-corrected chi connectivity index (χ4v) is 5.45. The van der Waals surface area contributed by atoms with E-state index in [0.717, 1.165) is 11.1 Å². The number of nitrogens with one attached hydrogen (secondary N) is 1. The predicted octanol–water partition coefficient (Wildman–Crippen LogP) is 2.61. The van der Waals surface area contributed by atoms with Crippen molar-refractivity contribution in [1.29, 1.82) is 0 Å². The molecule has 2 atom stereocenters. The zero-order chi connectivity index (χ0) is 22.1. The molecule has 2 heterocycles. The predicted molar refractivity (Wildman–Crippen MR) is 116 cm³/mol. The van der Waals surface area contributed by atoms with Gasteiger partial charge in [0.2, 0.25) is 5.91 Å². The van der Waals surface area contributed by atoms with Gasteiger partial charge in [-0.25, -0.2) is 0 Å². The van der Waals surface area contributed by atoms with Gasteiger partial charge in [0.05, 0.1) is 34.0 Å². The SMILES string of the molecule is COc1ccc(CNC(=O)[C@H]2CS[C@H]3c4ccc(OC)c(OC)c4C(=O)N23)cc1OC. The molecule has 1 fully saturated rings. The van der Waals surface area contributed by atoms with Crippen LogP contribution < -0.4 is 24.3 Å². The number of nitrogens with zero attached hydrogens (tertiary/aromatic N) is 1. The first-order valence-corrected chi connectivity index (χ1v) is 10.8. The van der Waals surface area contributed by atoms with Gasteiger partial charge in [0.1, 0.15) is 11.4 Å². The molecule has 31 heavy (non-hydrogen) atoms. The summed E-state index contributed by atoms with van der Waals surface area (Å²) in [6.45, 7) is 0.317. The van der Waals surface area contributed by atoms with Crippen molar-refractivity contribution in [2.45, 2.75) is 18.0 Å². The molecule has 0 saturated carbocycles. The van der Waals surface area contributed by atoms with E-state index < -0.39 is 6.04 Å². The average molecular weight is 445 g/mol. The van der Waals surface area contributed by atoms with Crippen molar-refractivity contribution < 1.29 is 28.5 Å². The van der Waals surface area contributed by atoms with Gasteiger partial charge in [0, 0.05) is 17.9 Å². The van der Waals surface area contributed by atoms with Gasteiger partial charge in [-0.05, 0) is 23.8 Å². The first-order valence-electron chi connectivity index (χ1n) is 9.71. The van der Waals surface area contributed by atoms with E-state index in [2.05, 4.69) is 5.32 Å². The Kier molecular flexibility index (Phi) is 5.86. The zero-order valence-corrected chi connectivity index (χ0v) is 18.6. The van der Waals surface area contributed by atoms with E-state index in [0.29, 0.717) is 40.9 Å². The van der Waals surface area contributed by atoms with Gasteiger partial charge in [0.25, 0.3) is 5.91 Å². The van der Waals surface area contributed by atoms with E-state index in [-0.39, 0.29) is 17.2 Å². The Morgan fingerprint density at radius 3 is 2.42 bits per heavy atom. The van der Waals surface area contributed by atoms with E-state index in [1.54, 1.807) is 43.0 Å². The van der Waals surface area contributed by atoms with Crippen molar-refractivity contribution in [2.24, 2.45) is 0 Å². The zero-order valence-electron chi connectivity index (χ0n) is 17.8. The minimum Gasteiger partial charge on any atom is -0.493 e. The van der Waals surface area contributed by atoms with Crippen molar-refractivity contribution >= 4 is 23.6 Å². The second kappa shape index (κ2) is 8.58. The molecule has 9 heteroatoms. The Morgan fingerprint density at radius 1 is 1.03 bits per heavy atom. The Labute approximate surface area is 184 Å². The molecule has 1 N–H and O–H groups in total. The van der Waals surface area contributed by atoms with E-state index in [1.165, 1.54) is 14.2 Å². The smallest absolute Gasteiger partial charge is 0.260 e. The first kappa shape index (κ1) is 21.2. The van der Waals surface area contributed by atoms with Crippen LogP contribution in [-0.4, -0.2) is 56.9 Å². The van der Waals surface area contributed by atoms with Gasteiger partial charge in [0.15, 0.2) is 23.0 Å². The summed E-state index contributed by atoms with van der Waals surface area (Å²) in [4.78, 5) is 27.9. The maximum Gasteiger partial charge on any atom is 0.260 e. The lowest BCUT2D eigenvalue weighted by Gasteiger charge is -2.22. The monoisotopic (exact) mass is 444 g/mol. The van der Waals surface area contributed by atoms with Gasteiger partial charge in [-0.2, -0.15) is 0 Å². The minimum absolute atomic E-state index is 0.197. The molecular formula is C22H24N2O6S. The molecule has 164 valence electrons. The fraction of sp³-hybridized carbons (Fsp3) is 0.364. The fourth-order valence-electron chi connectivity index (χ4n) is 3.99. The van der Waals surface area contributed by atoms with Gasteiger partial charge < -0.3 is 29.2 Å². The third kappa shape index (κ3) is 3.52. The molecule has 0 aromatic heterocycles. The summed E-state index contributed by atoms with van der Waals surface area (Å²) < 4.78 is 21.3. The number of hydrogen-bond donors (Lipinski definition) is 1. The normalized spacial score (nSPS) is 19.0. The molecule has 2 aromatic carbocycles. The van der Waals surface area contributed by atoms with Crippen LogP contribution in [0.3, 0.4) is 0 Å². The van der Waals surface area contributed by atoms with Crippen LogP contribution in [0.25, 0.3) is 0 Å². The van der Waals surface area contributed by atoms with Crippen molar-refractivity contribution in [3.8, 4) is 23.0 Å². The molecule has 0 spiro atoms. The number of benzene rings is 2. The van der Waals surface area contributed by atoms with Crippen LogP contribution >= 0.6 is 11.8 Å². The van der Waals surface area contributed by atoms with Gasteiger partial charge in [-0.1, -0.05) is 12.1 Å². The summed E-state index contributed by atoms with van der Waals surface area (Å²) in [7, 11) is 6.18. The highest BCUT2D eigenvalue weighted by molar-refractivity contribution is 7.99. The van der Waals surface area contributed by atoms with Crippen molar-refractivity contribution in [2.75, 3.05) is 34.2 Å². The molecule has 4 rings (SSSR count). The summed E-state index contributed by atoms with van der Waals surface area (Å²) in [5.74, 6) is 2.24. The van der Waals surface area contributed by atoms with Crippen LogP contribution in [0, 0.1) is 0 Å². The third-order valence-electron chi connectivity index (χ3n) is 5.51. The quantitative estimate of drug-likeness (QED) is 0.703. The van der Waals surface area contributed by atoms with Crippen LogP contribution in [-0.2, 0) is 11.3 Å². The van der Waals surface area contributed by atoms with E-state index in [1.807, 2.05) is 18.2 Å². The molecule has 2 amide bonds. The molecule has 0 aliphatic carbocycles. The lowest BCUT2D eigenvalue weighted by Crippen LogP contribution is -2.45. The molecule has 8 nitrogen and oxygen atoms in total. The summed E-state index contributed by atoms with van der Waals surface area (Å²) in [5, 5.41) is 2.73. The number of rotatable bonds is 7. The molecule has 0 radical (unpaired) electrons. The summed E-state index contributed by atoms with van der Waals surface area (Å²) in [6, 6.07) is 8.57. The standard InChI is InChI=1S/C22H24N2O6S/c1-27-15-7-5-12(9-17(15)29-3)10-23-20(25)14-11-31-22-13-6-8-16(28-2)19(30-4)18(13)21(26)24(14)22/h5-9,14,22H,10-11H2,1-4H3,(H,23,25)/t14-,22+/m1/s1. The Bertz CT molecular complexity index is 1030. The van der Waals surface area contributed by atoms with Gasteiger partial charge in [-0.3, -0.25) is 9.59 Å². The van der Waals surface area contributed by atoms with Crippen LogP contribution in [0.15, 0.2) is 30.3 Å². The number of carbonyl (C=O) groups is 2. The Balaban J connectivity index is 1.51. The Hall–Kier alpha value is -3.07. The summed E-state index contributed by atoms with van der Waals surface area (Å²) >= 11 is 1.57. The van der Waals surface area contributed by atoms with Gasteiger partial charge in [-0.15, -0.1) is 11.8 Å². The number of hydrogen-bond acceptors (Lipinski definition) is 7. The number of thioether (sulfide) groups is 1. The second-order valence-electron chi connectivity index (χ2n) is 7.09. The highest BCUT2D eigenvalue weighted by atomic mass is 32.2. The molecule has 2 aliphatic heterocycles. The topological polar surface area (TPSA) is 86.3 Å². The molecule has 0 bridgehead atoms. The number of fused-ring (bicyclic) bond motifs is 3. The highest BCUT2D eigenvalue weighted by Gasteiger charge is 2.50. The number of carbonyl (C=O) groups excluding carboxylic acids is 2. The maximum atomic E-state index is 13.2. The van der Waals surface area contributed by atoms with Crippen LogP contribution in [0.5, 0.6) is 23.0 Å². The van der Waals surface area contributed by atoms with Crippen LogP contribution in [0.1, 0.15) is 26.9 Å². The lowest BCUT2D eigenvalue weighted by atomic mass is 10.1. The molecule has 2 aromatic rings. The minimum atomic E-state index is -0.564.